The first-order chi connectivity index (χ1) is 11.2. The molecule has 0 saturated heterocycles. The average Bonchev–Trinajstić information content (AvgIpc) is 2.85. The number of nitrogens with two attached hydrogens (primary N) is 1. The first-order valence-corrected chi connectivity index (χ1v) is 8.28. The summed E-state index contributed by atoms with van der Waals surface area (Å²) in [5.74, 6) is 0.348. The van der Waals surface area contributed by atoms with Gasteiger partial charge in [0.2, 0.25) is 0 Å². The van der Waals surface area contributed by atoms with Gasteiger partial charge in [0, 0.05) is 22.4 Å². The van der Waals surface area contributed by atoms with Crippen molar-refractivity contribution in [2.24, 2.45) is 27.6 Å². The molecule has 0 spiro atoms. The summed E-state index contributed by atoms with van der Waals surface area (Å²) in [4.78, 5) is 23.3. The summed E-state index contributed by atoms with van der Waals surface area (Å²) >= 11 is 0. The summed E-state index contributed by atoms with van der Waals surface area (Å²) < 4.78 is 0. The number of carbonyl (C=O) groups is 2. The highest BCUT2D eigenvalue weighted by molar-refractivity contribution is 5.99. The molecular formula is C18H24N4O2. The molecular weight excluding hydrogens is 304 g/mol. The molecule has 1 aromatic carbocycles. The number of primary amides is 1. The Labute approximate surface area is 141 Å². The fourth-order valence-electron chi connectivity index (χ4n) is 4.16. The molecule has 24 heavy (non-hydrogen) atoms. The standard InChI is InChI=1S/C18H24N4O2/c1-17(2)12-7-8-18(17,3)14(10-12)21-22-15(23)11-5-4-6-13(9-11)20-16(19)24/h4-6,9,12H,7-8,10H2,1-3H3,(H,22,23)(H3,19,20,24)/b21-14+/t12-,18+/m1/s1. The maximum atomic E-state index is 12.3. The van der Waals surface area contributed by atoms with Crippen molar-refractivity contribution in [3.05, 3.63) is 29.8 Å². The molecule has 0 unspecified atom stereocenters. The van der Waals surface area contributed by atoms with E-state index in [2.05, 4.69) is 36.6 Å². The van der Waals surface area contributed by atoms with E-state index < -0.39 is 6.03 Å². The molecule has 0 aromatic heterocycles. The number of anilines is 1. The predicted octanol–water partition coefficient (Wildman–Crippen LogP) is 3.11. The molecule has 6 nitrogen and oxygen atoms in total. The minimum absolute atomic E-state index is 0.0559. The van der Waals surface area contributed by atoms with E-state index in [0.717, 1.165) is 18.6 Å². The number of benzene rings is 1. The van der Waals surface area contributed by atoms with E-state index in [1.807, 2.05) is 0 Å². The highest BCUT2D eigenvalue weighted by Crippen LogP contribution is 2.63. The quantitative estimate of drug-likeness (QED) is 0.743. The maximum absolute atomic E-state index is 12.3. The monoisotopic (exact) mass is 328 g/mol. The number of nitrogens with zero attached hydrogens (tertiary/aromatic N) is 1. The lowest BCUT2D eigenvalue weighted by Gasteiger charge is -2.34. The number of hydrazone groups is 1. The van der Waals surface area contributed by atoms with E-state index in [-0.39, 0.29) is 16.7 Å². The van der Waals surface area contributed by atoms with Crippen molar-refractivity contribution in [2.75, 3.05) is 5.32 Å². The van der Waals surface area contributed by atoms with Crippen molar-refractivity contribution >= 4 is 23.3 Å². The van der Waals surface area contributed by atoms with E-state index in [1.54, 1.807) is 24.3 Å². The Balaban J connectivity index is 1.74. The minimum Gasteiger partial charge on any atom is -0.351 e. The van der Waals surface area contributed by atoms with E-state index in [4.69, 9.17) is 5.73 Å². The zero-order valence-corrected chi connectivity index (χ0v) is 14.3. The zero-order chi connectivity index (χ0) is 17.5. The van der Waals surface area contributed by atoms with Crippen LogP contribution in [0.1, 0.15) is 50.4 Å². The number of rotatable bonds is 3. The Morgan fingerprint density at radius 2 is 2.04 bits per heavy atom. The van der Waals surface area contributed by atoms with Crippen LogP contribution in [0.5, 0.6) is 0 Å². The number of hydrogen-bond acceptors (Lipinski definition) is 3. The molecule has 0 heterocycles. The summed E-state index contributed by atoms with van der Waals surface area (Å²) in [5, 5.41) is 6.90. The lowest BCUT2D eigenvalue weighted by atomic mass is 9.70. The van der Waals surface area contributed by atoms with Gasteiger partial charge in [0.25, 0.3) is 5.91 Å². The van der Waals surface area contributed by atoms with Gasteiger partial charge in [-0.2, -0.15) is 5.10 Å². The fourth-order valence-corrected chi connectivity index (χ4v) is 4.16. The van der Waals surface area contributed by atoms with Gasteiger partial charge >= 0.3 is 6.03 Å². The molecule has 128 valence electrons. The van der Waals surface area contributed by atoms with E-state index in [1.165, 1.54) is 6.42 Å². The van der Waals surface area contributed by atoms with Crippen LogP contribution in [0, 0.1) is 16.7 Å². The van der Waals surface area contributed by atoms with Crippen LogP contribution in [0.15, 0.2) is 29.4 Å². The number of urea groups is 1. The van der Waals surface area contributed by atoms with Crippen molar-refractivity contribution < 1.29 is 9.59 Å². The molecule has 3 rings (SSSR count). The molecule has 0 aliphatic heterocycles. The lowest BCUT2D eigenvalue weighted by Crippen LogP contribution is -2.34. The van der Waals surface area contributed by atoms with Gasteiger partial charge in [-0.25, -0.2) is 10.2 Å². The third-order valence-corrected chi connectivity index (χ3v) is 6.20. The summed E-state index contributed by atoms with van der Waals surface area (Å²) in [5.41, 5.74) is 10.0. The number of carbonyl (C=O) groups excluding carboxylic acids is 2. The smallest absolute Gasteiger partial charge is 0.316 e. The molecule has 3 amide bonds. The second kappa shape index (κ2) is 5.61. The summed E-state index contributed by atoms with van der Waals surface area (Å²) in [7, 11) is 0. The van der Waals surface area contributed by atoms with Crippen LogP contribution in [0.2, 0.25) is 0 Å². The fraction of sp³-hybridized carbons (Fsp3) is 0.500. The molecule has 1 aromatic rings. The molecule has 2 atom stereocenters. The van der Waals surface area contributed by atoms with Crippen molar-refractivity contribution in [3.63, 3.8) is 0 Å². The second-order valence-electron chi connectivity index (χ2n) is 7.56. The Bertz CT molecular complexity index is 725. The van der Waals surface area contributed by atoms with Crippen LogP contribution in [0.3, 0.4) is 0 Å². The third kappa shape index (κ3) is 2.56. The van der Waals surface area contributed by atoms with Gasteiger partial charge in [-0.1, -0.05) is 26.8 Å². The molecule has 2 bridgehead atoms. The summed E-state index contributed by atoms with van der Waals surface area (Å²) in [6.07, 6.45) is 3.31. The normalized spacial score (nSPS) is 28.8. The Hall–Kier alpha value is -2.37. The predicted molar refractivity (Wildman–Crippen MR) is 93.8 cm³/mol. The molecule has 0 radical (unpaired) electrons. The van der Waals surface area contributed by atoms with Crippen LogP contribution in [0.25, 0.3) is 0 Å². The van der Waals surface area contributed by atoms with Crippen molar-refractivity contribution in [1.29, 1.82) is 0 Å². The van der Waals surface area contributed by atoms with Gasteiger partial charge < -0.3 is 11.1 Å². The van der Waals surface area contributed by atoms with Crippen LogP contribution in [-0.4, -0.2) is 17.6 Å². The van der Waals surface area contributed by atoms with Gasteiger partial charge in [0.15, 0.2) is 0 Å². The van der Waals surface area contributed by atoms with Crippen molar-refractivity contribution in [2.45, 2.75) is 40.0 Å². The topological polar surface area (TPSA) is 96.6 Å². The number of amides is 3. The lowest BCUT2D eigenvalue weighted by molar-refractivity contribution is 0.0954. The van der Waals surface area contributed by atoms with Crippen LogP contribution in [0.4, 0.5) is 10.5 Å². The Morgan fingerprint density at radius 3 is 2.62 bits per heavy atom. The van der Waals surface area contributed by atoms with Gasteiger partial charge in [0.05, 0.1) is 0 Å². The summed E-state index contributed by atoms with van der Waals surface area (Å²) in [6, 6.07) is 5.95. The Morgan fingerprint density at radius 1 is 1.29 bits per heavy atom. The van der Waals surface area contributed by atoms with Gasteiger partial charge in [-0.3, -0.25) is 4.79 Å². The largest absolute Gasteiger partial charge is 0.351 e. The van der Waals surface area contributed by atoms with E-state index in [0.29, 0.717) is 17.2 Å². The minimum atomic E-state index is -0.662. The van der Waals surface area contributed by atoms with Crippen molar-refractivity contribution in [3.8, 4) is 0 Å². The average molecular weight is 328 g/mol. The molecule has 2 aliphatic rings. The number of nitrogens with one attached hydrogen (secondary N) is 2. The Kier molecular flexibility index (Phi) is 3.86. The first-order valence-electron chi connectivity index (χ1n) is 8.28. The zero-order valence-electron chi connectivity index (χ0n) is 14.3. The first kappa shape index (κ1) is 16.5. The van der Waals surface area contributed by atoms with Crippen molar-refractivity contribution in [1.82, 2.24) is 5.43 Å². The molecule has 2 fully saturated rings. The van der Waals surface area contributed by atoms with Crippen LogP contribution in [-0.2, 0) is 0 Å². The third-order valence-electron chi connectivity index (χ3n) is 6.20. The molecule has 2 aliphatic carbocycles. The van der Waals surface area contributed by atoms with Crippen LogP contribution < -0.4 is 16.5 Å². The second-order valence-corrected chi connectivity index (χ2v) is 7.56. The van der Waals surface area contributed by atoms with E-state index >= 15 is 0 Å². The summed E-state index contributed by atoms with van der Waals surface area (Å²) in [6.45, 7) is 6.85. The van der Waals surface area contributed by atoms with Crippen LogP contribution >= 0.6 is 0 Å². The molecule has 6 heteroatoms. The van der Waals surface area contributed by atoms with E-state index in [9.17, 15) is 9.59 Å². The van der Waals surface area contributed by atoms with Gasteiger partial charge in [-0.05, 0) is 48.8 Å². The number of fused-ring (bicyclic) bond motifs is 2. The SMILES string of the molecule is CC1(C)[C@@H]2CC[C@@]1(C)/C(=N/NC(=O)c1cccc(NC(N)=O)c1)C2. The number of hydrogen-bond donors (Lipinski definition) is 3. The highest BCUT2D eigenvalue weighted by atomic mass is 16.2. The molecule has 4 N–H and O–H groups in total. The maximum Gasteiger partial charge on any atom is 0.316 e. The van der Waals surface area contributed by atoms with Gasteiger partial charge in [0.1, 0.15) is 0 Å². The molecule has 2 saturated carbocycles. The highest BCUT2D eigenvalue weighted by Gasteiger charge is 2.59. The van der Waals surface area contributed by atoms with Gasteiger partial charge in [-0.15, -0.1) is 0 Å².